The Labute approximate surface area is 134 Å². The number of H-pyrrole nitrogens is 1. The number of nitrogens with zero attached hydrogens (tertiary/aromatic N) is 3. The van der Waals surface area contributed by atoms with E-state index in [4.69, 9.17) is 9.15 Å². The third kappa shape index (κ3) is 2.45. The van der Waals surface area contributed by atoms with Gasteiger partial charge in [-0.25, -0.2) is 4.98 Å². The molecule has 0 saturated carbocycles. The molecule has 4 heterocycles. The van der Waals surface area contributed by atoms with Crippen LogP contribution in [0, 0.1) is 26.7 Å². The highest BCUT2D eigenvalue weighted by atomic mass is 16.5. The highest BCUT2D eigenvalue weighted by Gasteiger charge is 2.45. The second-order valence-corrected chi connectivity index (χ2v) is 6.48. The Bertz CT molecular complexity index is 736. The SMILES string of the molecule is Cc1nc([C@@H]2C[C@H]3CN(C(=O)c4cc(C)oc4C)C[C@H]3O2)n[nH]1. The molecule has 3 atom stereocenters. The standard InChI is InChI=1S/C16H20N4O3/c1-8-4-12(9(2)22-8)16(21)20-6-11-5-13(23-14(11)7-20)15-17-10(3)18-19-15/h4,11,13-14H,5-7H2,1-3H3,(H,17,18,19)/t11-,13-,14+/m0/s1. The van der Waals surface area contributed by atoms with Crippen molar-refractivity contribution in [3.8, 4) is 0 Å². The fourth-order valence-corrected chi connectivity index (χ4v) is 3.61. The van der Waals surface area contributed by atoms with Crippen molar-refractivity contribution in [1.82, 2.24) is 20.1 Å². The average molecular weight is 316 g/mol. The number of aromatic amines is 1. The zero-order valence-electron chi connectivity index (χ0n) is 13.5. The number of furan rings is 1. The predicted molar refractivity (Wildman–Crippen MR) is 80.9 cm³/mol. The van der Waals surface area contributed by atoms with E-state index in [1.54, 1.807) is 0 Å². The van der Waals surface area contributed by atoms with E-state index in [1.807, 2.05) is 31.7 Å². The molecule has 2 saturated heterocycles. The molecule has 2 aromatic rings. The summed E-state index contributed by atoms with van der Waals surface area (Å²) in [7, 11) is 0. The lowest BCUT2D eigenvalue weighted by atomic mass is 10.0. The van der Waals surface area contributed by atoms with Crippen LogP contribution in [0.15, 0.2) is 10.5 Å². The van der Waals surface area contributed by atoms with E-state index in [-0.39, 0.29) is 18.1 Å². The minimum Gasteiger partial charge on any atom is -0.466 e. The molecule has 7 nitrogen and oxygen atoms in total. The number of likely N-dealkylation sites (tertiary alicyclic amines) is 1. The lowest BCUT2D eigenvalue weighted by Gasteiger charge is -2.18. The molecule has 4 rings (SSSR count). The maximum absolute atomic E-state index is 12.6. The Kier molecular flexibility index (Phi) is 3.26. The van der Waals surface area contributed by atoms with Crippen molar-refractivity contribution >= 4 is 5.91 Å². The first-order valence-corrected chi connectivity index (χ1v) is 7.92. The van der Waals surface area contributed by atoms with E-state index in [0.29, 0.717) is 30.3 Å². The summed E-state index contributed by atoms with van der Waals surface area (Å²) in [6.45, 7) is 6.90. The number of hydrogen-bond acceptors (Lipinski definition) is 5. The lowest BCUT2D eigenvalue weighted by Crippen LogP contribution is -2.31. The van der Waals surface area contributed by atoms with Crippen molar-refractivity contribution in [2.24, 2.45) is 5.92 Å². The summed E-state index contributed by atoms with van der Waals surface area (Å²) in [5, 5.41) is 7.04. The Morgan fingerprint density at radius 2 is 2.17 bits per heavy atom. The molecule has 2 aromatic heterocycles. The van der Waals surface area contributed by atoms with Gasteiger partial charge in [-0.1, -0.05) is 0 Å². The van der Waals surface area contributed by atoms with Gasteiger partial charge in [0.05, 0.1) is 11.7 Å². The molecule has 1 amide bonds. The maximum atomic E-state index is 12.6. The predicted octanol–water partition coefficient (Wildman–Crippen LogP) is 1.93. The number of aromatic nitrogens is 3. The van der Waals surface area contributed by atoms with Crippen LogP contribution in [0.25, 0.3) is 0 Å². The lowest BCUT2D eigenvalue weighted by molar-refractivity contribution is 0.0316. The van der Waals surface area contributed by atoms with Gasteiger partial charge in [0.25, 0.3) is 5.91 Å². The summed E-state index contributed by atoms with van der Waals surface area (Å²) in [6.07, 6.45) is 0.857. The quantitative estimate of drug-likeness (QED) is 0.915. The van der Waals surface area contributed by atoms with E-state index in [1.165, 1.54) is 0 Å². The third-order valence-electron chi connectivity index (χ3n) is 4.70. The Morgan fingerprint density at radius 1 is 1.35 bits per heavy atom. The van der Waals surface area contributed by atoms with Crippen LogP contribution in [0.2, 0.25) is 0 Å². The minimum atomic E-state index is -0.0647. The highest BCUT2D eigenvalue weighted by molar-refractivity contribution is 5.95. The van der Waals surface area contributed by atoms with Gasteiger partial charge in [0.15, 0.2) is 5.82 Å². The van der Waals surface area contributed by atoms with Gasteiger partial charge in [0.2, 0.25) is 0 Å². The largest absolute Gasteiger partial charge is 0.466 e. The summed E-state index contributed by atoms with van der Waals surface area (Å²) in [4.78, 5) is 18.9. The van der Waals surface area contributed by atoms with Crippen LogP contribution >= 0.6 is 0 Å². The van der Waals surface area contributed by atoms with Crippen LogP contribution in [0.1, 0.15) is 46.1 Å². The van der Waals surface area contributed by atoms with Crippen LogP contribution < -0.4 is 0 Å². The number of rotatable bonds is 2. The van der Waals surface area contributed by atoms with Crippen molar-refractivity contribution in [2.45, 2.75) is 39.4 Å². The van der Waals surface area contributed by atoms with Crippen LogP contribution in [0.4, 0.5) is 0 Å². The van der Waals surface area contributed by atoms with Gasteiger partial charge in [-0.05, 0) is 33.3 Å². The molecule has 2 aliphatic rings. The van der Waals surface area contributed by atoms with E-state index < -0.39 is 0 Å². The number of fused-ring (bicyclic) bond motifs is 1. The normalized spacial score (nSPS) is 26.7. The number of hydrogen-bond donors (Lipinski definition) is 1. The smallest absolute Gasteiger partial charge is 0.257 e. The van der Waals surface area contributed by atoms with Crippen molar-refractivity contribution in [3.05, 3.63) is 34.8 Å². The molecule has 0 bridgehead atoms. The molecular weight excluding hydrogens is 296 g/mol. The topological polar surface area (TPSA) is 84.2 Å². The first-order valence-electron chi connectivity index (χ1n) is 7.92. The molecule has 23 heavy (non-hydrogen) atoms. The second-order valence-electron chi connectivity index (χ2n) is 6.48. The summed E-state index contributed by atoms with van der Waals surface area (Å²) in [6, 6.07) is 1.81. The molecule has 1 N–H and O–H groups in total. The monoisotopic (exact) mass is 316 g/mol. The van der Waals surface area contributed by atoms with Gasteiger partial charge in [-0.2, -0.15) is 5.10 Å². The maximum Gasteiger partial charge on any atom is 0.257 e. The summed E-state index contributed by atoms with van der Waals surface area (Å²) in [5.74, 6) is 3.33. The van der Waals surface area contributed by atoms with Crippen molar-refractivity contribution < 1.29 is 13.9 Å². The molecule has 0 unspecified atom stereocenters. The fraction of sp³-hybridized carbons (Fsp3) is 0.562. The van der Waals surface area contributed by atoms with E-state index in [0.717, 1.165) is 23.8 Å². The van der Waals surface area contributed by atoms with Gasteiger partial charge < -0.3 is 14.1 Å². The number of amides is 1. The third-order valence-corrected chi connectivity index (χ3v) is 4.70. The van der Waals surface area contributed by atoms with Crippen molar-refractivity contribution in [3.63, 3.8) is 0 Å². The number of aryl methyl sites for hydroxylation is 3. The van der Waals surface area contributed by atoms with Gasteiger partial charge >= 0.3 is 0 Å². The summed E-state index contributed by atoms with van der Waals surface area (Å²) < 4.78 is 11.5. The number of carbonyl (C=O) groups is 1. The highest BCUT2D eigenvalue weighted by Crippen LogP contribution is 2.40. The molecule has 7 heteroatoms. The Hall–Kier alpha value is -2.15. The van der Waals surface area contributed by atoms with E-state index in [2.05, 4.69) is 15.2 Å². The Balaban J connectivity index is 1.44. The second kappa shape index (κ2) is 5.19. The van der Waals surface area contributed by atoms with Gasteiger partial charge in [-0.3, -0.25) is 9.89 Å². The average Bonchev–Trinajstić information content (AvgIpc) is 3.20. The van der Waals surface area contributed by atoms with Crippen molar-refractivity contribution in [2.75, 3.05) is 13.1 Å². The minimum absolute atomic E-state index is 0.0302. The van der Waals surface area contributed by atoms with E-state index in [9.17, 15) is 4.79 Å². The number of carbonyl (C=O) groups excluding carboxylic acids is 1. The zero-order chi connectivity index (χ0) is 16.1. The molecule has 0 spiro atoms. The zero-order valence-corrected chi connectivity index (χ0v) is 13.5. The first kappa shape index (κ1) is 14.4. The molecule has 0 aliphatic carbocycles. The molecule has 122 valence electrons. The van der Waals surface area contributed by atoms with Gasteiger partial charge in [-0.15, -0.1) is 0 Å². The molecular formula is C16H20N4O3. The number of ether oxygens (including phenoxy) is 1. The summed E-state index contributed by atoms with van der Waals surface area (Å²) in [5.41, 5.74) is 0.656. The molecule has 2 fully saturated rings. The number of nitrogens with one attached hydrogen (secondary N) is 1. The van der Waals surface area contributed by atoms with Crippen LogP contribution in [-0.4, -0.2) is 45.2 Å². The molecule has 0 radical (unpaired) electrons. The van der Waals surface area contributed by atoms with E-state index >= 15 is 0 Å². The van der Waals surface area contributed by atoms with Crippen LogP contribution in [-0.2, 0) is 4.74 Å². The van der Waals surface area contributed by atoms with Crippen molar-refractivity contribution in [1.29, 1.82) is 0 Å². The van der Waals surface area contributed by atoms with Crippen LogP contribution in [0.5, 0.6) is 0 Å². The first-order chi connectivity index (χ1) is 11.0. The van der Waals surface area contributed by atoms with Crippen LogP contribution in [0.3, 0.4) is 0 Å². The Morgan fingerprint density at radius 3 is 2.78 bits per heavy atom. The van der Waals surface area contributed by atoms with Gasteiger partial charge in [0.1, 0.15) is 23.4 Å². The fourth-order valence-electron chi connectivity index (χ4n) is 3.61. The van der Waals surface area contributed by atoms with Gasteiger partial charge in [0, 0.05) is 19.0 Å². The summed E-state index contributed by atoms with van der Waals surface area (Å²) >= 11 is 0. The molecule has 2 aliphatic heterocycles. The molecule has 0 aromatic carbocycles.